The first kappa shape index (κ1) is 13.7. The summed E-state index contributed by atoms with van der Waals surface area (Å²) in [5.74, 6) is -0.135. The number of rotatable bonds is 4. The van der Waals surface area contributed by atoms with Gasteiger partial charge in [0.2, 0.25) is 5.88 Å². The number of methoxy groups -OCH3 is 1. The average Bonchev–Trinajstić information content (AvgIpc) is 2.46. The standard InChI is InChI=1S/C13H19N3O3/c1-18-12(17)10-5-6-11(16-15-10)19-9-13(14)7-3-2-4-8-13/h5-6H,2-4,7-9,14H2,1H3. The lowest BCUT2D eigenvalue weighted by Gasteiger charge is -2.32. The van der Waals surface area contributed by atoms with E-state index in [4.69, 9.17) is 10.5 Å². The average molecular weight is 265 g/mol. The highest BCUT2D eigenvalue weighted by atomic mass is 16.5. The van der Waals surface area contributed by atoms with Gasteiger partial charge in [-0.1, -0.05) is 19.3 Å². The summed E-state index contributed by atoms with van der Waals surface area (Å²) in [6.45, 7) is 0.430. The molecule has 0 saturated heterocycles. The van der Waals surface area contributed by atoms with Crippen molar-refractivity contribution in [1.82, 2.24) is 10.2 Å². The highest BCUT2D eigenvalue weighted by Gasteiger charge is 2.28. The quantitative estimate of drug-likeness (QED) is 0.826. The first-order chi connectivity index (χ1) is 9.13. The monoisotopic (exact) mass is 265 g/mol. The van der Waals surface area contributed by atoms with Crippen LogP contribution in [0, 0.1) is 0 Å². The van der Waals surface area contributed by atoms with Crippen molar-refractivity contribution in [3.05, 3.63) is 17.8 Å². The van der Waals surface area contributed by atoms with E-state index >= 15 is 0 Å². The van der Waals surface area contributed by atoms with Crippen LogP contribution in [0.2, 0.25) is 0 Å². The van der Waals surface area contributed by atoms with Gasteiger partial charge in [-0.05, 0) is 18.9 Å². The molecule has 0 atom stereocenters. The fourth-order valence-electron chi connectivity index (χ4n) is 2.23. The summed E-state index contributed by atoms with van der Waals surface area (Å²) in [6.07, 6.45) is 5.48. The SMILES string of the molecule is COC(=O)c1ccc(OCC2(N)CCCCC2)nn1. The molecule has 1 aliphatic rings. The minimum atomic E-state index is -0.512. The topological polar surface area (TPSA) is 87.3 Å². The molecule has 0 bridgehead atoms. The number of nitrogens with zero attached hydrogens (tertiary/aromatic N) is 2. The van der Waals surface area contributed by atoms with E-state index in [2.05, 4.69) is 14.9 Å². The molecule has 1 saturated carbocycles. The fourth-order valence-corrected chi connectivity index (χ4v) is 2.23. The van der Waals surface area contributed by atoms with Gasteiger partial charge < -0.3 is 15.2 Å². The number of hydrogen-bond acceptors (Lipinski definition) is 6. The molecule has 104 valence electrons. The van der Waals surface area contributed by atoms with Gasteiger partial charge >= 0.3 is 5.97 Å². The van der Waals surface area contributed by atoms with Crippen LogP contribution in [-0.2, 0) is 4.74 Å². The second-order valence-corrected chi connectivity index (χ2v) is 4.96. The number of nitrogens with two attached hydrogens (primary N) is 1. The van der Waals surface area contributed by atoms with Crippen LogP contribution in [0.4, 0.5) is 0 Å². The second kappa shape index (κ2) is 5.97. The van der Waals surface area contributed by atoms with Crippen molar-refractivity contribution in [2.24, 2.45) is 5.73 Å². The molecule has 0 aromatic carbocycles. The molecule has 0 unspecified atom stereocenters. The van der Waals surface area contributed by atoms with Crippen LogP contribution in [0.15, 0.2) is 12.1 Å². The fraction of sp³-hybridized carbons (Fsp3) is 0.615. The van der Waals surface area contributed by atoms with Crippen LogP contribution in [0.1, 0.15) is 42.6 Å². The molecular weight excluding hydrogens is 246 g/mol. The van der Waals surface area contributed by atoms with Crippen LogP contribution in [0.3, 0.4) is 0 Å². The first-order valence-electron chi connectivity index (χ1n) is 6.47. The summed E-state index contributed by atoms with van der Waals surface area (Å²) < 4.78 is 10.1. The second-order valence-electron chi connectivity index (χ2n) is 4.96. The maximum absolute atomic E-state index is 11.2. The van der Waals surface area contributed by atoms with Crippen LogP contribution >= 0.6 is 0 Å². The minimum Gasteiger partial charge on any atom is -0.475 e. The Morgan fingerprint density at radius 3 is 2.63 bits per heavy atom. The molecule has 0 radical (unpaired) electrons. The molecule has 2 rings (SSSR count). The van der Waals surface area contributed by atoms with E-state index in [-0.39, 0.29) is 11.2 Å². The highest BCUT2D eigenvalue weighted by Crippen LogP contribution is 2.26. The van der Waals surface area contributed by atoms with Gasteiger partial charge in [0.25, 0.3) is 0 Å². The Kier molecular flexibility index (Phi) is 4.31. The van der Waals surface area contributed by atoms with Crippen LogP contribution < -0.4 is 10.5 Å². The zero-order valence-corrected chi connectivity index (χ0v) is 11.1. The lowest BCUT2D eigenvalue weighted by Crippen LogP contribution is -2.47. The molecule has 1 aromatic heterocycles. The summed E-state index contributed by atoms with van der Waals surface area (Å²) in [5.41, 5.74) is 6.16. The number of carbonyl (C=O) groups is 1. The van der Waals surface area contributed by atoms with E-state index in [1.54, 1.807) is 6.07 Å². The molecule has 6 heteroatoms. The Balaban J connectivity index is 1.91. The van der Waals surface area contributed by atoms with Crippen molar-refractivity contribution >= 4 is 5.97 Å². The van der Waals surface area contributed by atoms with Crippen molar-refractivity contribution in [2.75, 3.05) is 13.7 Å². The summed E-state index contributed by atoms with van der Waals surface area (Å²) >= 11 is 0. The molecule has 19 heavy (non-hydrogen) atoms. The Hall–Kier alpha value is -1.69. The van der Waals surface area contributed by atoms with E-state index < -0.39 is 5.97 Å². The van der Waals surface area contributed by atoms with Gasteiger partial charge in [-0.2, -0.15) is 0 Å². The molecule has 2 N–H and O–H groups in total. The van der Waals surface area contributed by atoms with E-state index in [0.29, 0.717) is 12.5 Å². The summed E-state index contributed by atoms with van der Waals surface area (Å²) in [5, 5.41) is 7.58. The summed E-state index contributed by atoms with van der Waals surface area (Å²) in [7, 11) is 1.30. The lowest BCUT2D eigenvalue weighted by molar-refractivity contribution is 0.0592. The lowest BCUT2D eigenvalue weighted by atomic mass is 9.83. The van der Waals surface area contributed by atoms with E-state index in [1.807, 2.05) is 0 Å². The first-order valence-corrected chi connectivity index (χ1v) is 6.47. The van der Waals surface area contributed by atoms with E-state index in [9.17, 15) is 4.79 Å². The van der Waals surface area contributed by atoms with Crippen molar-refractivity contribution in [3.8, 4) is 5.88 Å². The maximum Gasteiger partial charge on any atom is 0.358 e. The molecule has 0 spiro atoms. The molecule has 6 nitrogen and oxygen atoms in total. The van der Waals surface area contributed by atoms with Gasteiger partial charge in [0.05, 0.1) is 12.6 Å². The van der Waals surface area contributed by atoms with Crippen molar-refractivity contribution < 1.29 is 14.3 Å². The maximum atomic E-state index is 11.2. The minimum absolute atomic E-state index is 0.162. The predicted molar refractivity (Wildman–Crippen MR) is 68.9 cm³/mol. The van der Waals surface area contributed by atoms with Crippen LogP contribution in [0.25, 0.3) is 0 Å². The van der Waals surface area contributed by atoms with Crippen LogP contribution in [-0.4, -0.2) is 35.4 Å². The third-order valence-electron chi connectivity index (χ3n) is 3.39. The molecule has 0 amide bonds. The summed E-state index contributed by atoms with van der Waals surface area (Å²) in [4.78, 5) is 11.2. The third-order valence-corrected chi connectivity index (χ3v) is 3.39. The number of ether oxygens (including phenoxy) is 2. The predicted octanol–water partition coefficient (Wildman–Crippen LogP) is 1.30. The molecular formula is C13H19N3O3. The van der Waals surface area contributed by atoms with E-state index in [0.717, 1.165) is 25.7 Å². The zero-order valence-electron chi connectivity index (χ0n) is 11.1. The van der Waals surface area contributed by atoms with Crippen LogP contribution in [0.5, 0.6) is 5.88 Å². The van der Waals surface area contributed by atoms with Crippen molar-refractivity contribution in [2.45, 2.75) is 37.6 Å². The van der Waals surface area contributed by atoms with Gasteiger partial charge in [-0.25, -0.2) is 4.79 Å². The molecule has 0 aliphatic heterocycles. The van der Waals surface area contributed by atoms with Crippen molar-refractivity contribution in [1.29, 1.82) is 0 Å². The molecule has 1 aliphatic carbocycles. The Morgan fingerprint density at radius 2 is 2.05 bits per heavy atom. The summed E-state index contributed by atoms with van der Waals surface area (Å²) in [6, 6.07) is 3.13. The van der Waals surface area contributed by atoms with Gasteiger partial charge in [0, 0.05) is 6.07 Å². The third kappa shape index (κ3) is 3.64. The number of carbonyl (C=O) groups excluding carboxylic acids is 1. The zero-order chi connectivity index (χ0) is 13.7. The Morgan fingerprint density at radius 1 is 1.32 bits per heavy atom. The number of esters is 1. The van der Waals surface area contributed by atoms with Gasteiger partial charge in [0.1, 0.15) is 6.61 Å². The normalized spacial score (nSPS) is 17.8. The molecule has 1 aromatic rings. The number of aromatic nitrogens is 2. The van der Waals surface area contributed by atoms with E-state index in [1.165, 1.54) is 19.6 Å². The molecule has 1 fully saturated rings. The van der Waals surface area contributed by atoms with Gasteiger partial charge in [-0.15, -0.1) is 10.2 Å². The van der Waals surface area contributed by atoms with Gasteiger partial charge in [0.15, 0.2) is 5.69 Å². The van der Waals surface area contributed by atoms with Gasteiger partial charge in [-0.3, -0.25) is 0 Å². The Labute approximate surface area is 112 Å². The van der Waals surface area contributed by atoms with Crippen molar-refractivity contribution in [3.63, 3.8) is 0 Å². The Bertz CT molecular complexity index is 427. The molecule has 1 heterocycles. The number of hydrogen-bond donors (Lipinski definition) is 1. The largest absolute Gasteiger partial charge is 0.475 e. The highest BCUT2D eigenvalue weighted by molar-refractivity contribution is 5.86. The smallest absolute Gasteiger partial charge is 0.358 e.